The Morgan fingerprint density at radius 2 is 2.19 bits per heavy atom. The maximum absolute atomic E-state index is 12.7. The molecule has 138 valence electrons. The van der Waals surface area contributed by atoms with Gasteiger partial charge in [0.25, 0.3) is 5.56 Å². The molecule has 6 heteroatoms. The maximum Gasteiger partial charge on any atom is 0.251 e. The number of likely N-dealkylation sites (tertiary alicyclic amines) is 1. The van der Waals surface area contributed by atoms with Crippen LogP contribution in [0.3, 0.4) is 0 Å². The highest BCUT2D eigenvalue weighted by atomic mass is 16.5. The predicted molar refractivity (Wildman–Crippen MR) is 99.5 cm³/mol. The summed E-state index contributed by atoms with van der Waals surface area (Å²) >= 11 is 0. The average Bonchev–Trinajstić information content (AvgIpc) is 2.65. The molecule has 1 fully saturated rings. The fourth-order valence-electron chi connectivity index (χ4n) is 3.57. The van der Waals surface area contributed by atoms with E-state index in [-0.39, 0.29) is 17.4 Å². The third-order valence-corrected chi connectivity index (χ3v) is 4.87. The van der Waals surface area contributed by atoms with Gasteiger partial charge in [0.1, 0.15) is 11.6 Å². The lowest BCUT2D eigenvalue weighted by atomic mass is 9.94. The molecule has 6 nitrogen and oxygen atoms in total. The zero-order valence-corrected chi connectivity index (χ0v) is 15.3. The maximum atomic E-state index is 12.7. The van der Waals surface area contributed by atoms with Crippen molar-refractivity contribution in [3.63, 3.8) is 0 Å². The number of ether oxygens (including phenoxy) is 1. The van der Waals surface area contributed by atoms with Gasteiger partial charge < -0.3 is 14.6 Å². The number of nitrogens with zero attached hydrogens (tertiary/aromatic N) is 2. The largest absolute Gasteiger partial charge is 0.496 e. The summed E-state index contributed by atoms with van der Waals surface area (Å²) in [5.41, 5.74) is 1.70. The van der Waals surface area contributed by atoms with E-state index in [1.807, 2.05) is 29.2 Å². The van der Waals surface area contributed by atoms with Crippen molar-refractivity contribution in [3.05, 3.63) is 57.8 Å². The lowest BCUT2D eigenvalue weighted by Gasteiger charge is -2.32. The number of aryl methyl sites for hydroxylation is 2. The number of hydrogen-bond acceptors (Lipinski definition) is 4. The molecule has 2 heterocycles. The Labute approximate surface area is 153 Å². The zero-order valence-electron chi connectivity index (χ0n) is 15.3. The fraction of sp³-hybridized carbons (Fsp3) is 0.450. The highest BCUT2D eigenvalue weighted by Crippen LogP contribution is 2.26. The van der Waals surface area contributed by atoms with Crippen LogP contribution in [0.5, 0.6) is 5.75 Å². The highest BCUT2D eigenvalue weighted by Gasteiger charge is 2.26. The lowest BCUT2D eigenvalue weighted by Crippen LogP contribution is -2.39. The fourth-order valence-corrected chi connectivity index (χ4v) is 3.57. The summed E-state index contributed by atoms with van der Waals surface area (Å²) in [6.07, 6.45) is 2.99. The Hall–Kier alpha value is -2.63. The Balaban J connectivity index is 1.63. The molecule has 1 unspecified atom stereocenters. The topological polar surface area (TPSA) is 75.3 Å². The zero-order chi connectivity index (χ0) is 18.5. The van der Waals surface area contributed by atoms with Gasteiger partial charge in [-0.15, -0.1) is 0 Å². The molecule has 0 saturated carbocycles. The van der Waals surface area contributed by atoms with E-state index >= 15 is 0 Å². The minimum Gasteiger partial charge on any atom is -0.496 e. The molecule has 0 radical (unpaired) electrons. The molecule has 1 saturated heterocycles. The summed E-state index contributed by atoms with van der Waals surface area (Å²) in [6.45, 7) is 3.17. The number of rotatable bonds is 5. The van der Waals surface area contributed by atoms with Crippen LogP contribution in [0.1, 0.15) is 42.3 Å². The molecule has 2 aromatic rings. The number of benzene rings is 1. The second-order valence-electron chi connectivity index (χ2n) is 6.75. The molecule has 0 aliphatic carbocycles. The van der Waals surface area contributed by atoms with E-state index in [0.29, 0.717) is 25.2 Å². The standard InChI is InChI=1S/C20H25N3O3/c1-14-21-17(12-19(24)22-14)16-7-5-11-23(13-16)20(25)10-9-15-6-3-4-8-18(15)26-2/h3-4,6,8,12,16H,5,7,9-11,13H2,1-2H3,(H,21,22,24). The van der Waals surface area contributed by atoms with Crippen molar-refractivity contribution in [1.82, 2.24) is 14.9 Å². The number of aromatic amines is 1. The number of piperidine rings is 1. The molecule has 1 N–H and O–H groups in total. The number of methoxy groups -OCH3 is 1. The van der Waals surface area contributed by atoms with Crippen LogP contribution in [0.15, 0.2) is 35.1 Å². The average molecular weight is 355 g/mol. The molecule has 1 atom stereocenters. The molecule has 0 spiro atoms. The molecule has 1 aliphatic rings. The van der Waals surface area contributed by atoms with E-state index in [1.54, 1.807) is 20.1 Å². The summed E-state index contributed by atoms with van der Waals surface area (Å²) in [7, 11) is 1.65. The number of nitrogens with one attached hydrogen (secondary N) is 1. The Morgan fingerprint density at radius 3 is 2.96 bits per heavy atom. The number of hydrogen-bond donors (Lipinski definition) is 1. The molecule has 3 rings (SSSR count). The van der Waals surface area contributed by atoms with E-state index in [0.717, 1.165) is 36.4 Å². The van der Waals surface area contributed by atoms with Crippen LogP contribution in [-0.4, -0.2) is 41.0 Å². The first-order valence-electron chi connectivity index (χ1n) is 9.04. The molecule has 1 amide bonds. The molecule has 26 heavy (non-hydrogen) atoms. The van der Waals surface area contributed by atoms with Crippen LogP contribution >= 0.6 is 0 Å². The van der Waals surface area contributed by atoms with Gasteiger partial charge in [0, 0.05) is 31.5 Å². The van der Waals surface area contributed by atoms with Gasteiger partial charge in [-0.2, -0.15) is 0 Å². The van der Waals surface area contributed by atoms with Crippen LogP contribution in [0.25, 0.3) is 0 Å². The quantitative estimate of drug-likeness (QED) is 0.894. The van der Waals surface area contributed by atoms with Crippen LogP contribution in [0.2, 0.25) is 0 Å². The van der Waals surface area contributed by atoms with Crippen LogP contribution < -0.4 is 10.3 Å². The Morgan fingerprint density at radius 1 is 1.38 bits per heavy atom. The van der Waals surface area contributed by atoms with Gasteiger partial charge in [0.15, 0.2) is 0 Å². The van der Waals surface area contributed by atoms with Crippen molar-refractivity contribution >= 4 is 5.91 Å². The van der Waals surface area contributed by atoms with E-state index in [2.05, 4.69) is 9.97 Å². The van der Waals surface area contributed by atoms with Crippen molar-refractivity contribution in [3.8, 4) is 5.75 Å². The first-order valence-corrected chi connectivity index (χ1v) is 9.04. The van der Waals surface area contributed by atoms with Crippen molar-refractivity contribution in [1.29, 1.82) is 0 Å². The first kappa shape index (κ1) is 18.2. The number of carbonyl (C=O) groups excluding carboxylic acids is 1. The molecule has 0 bridgehead atoms. The third kappa shape index (κ3) is 4.31. The van der Waals surface area contributed by atoms with E-state index in [9.17, 15) is 9.59 Å². The Kier molecular flexibility index (Phi) is 5.71. The molecular formula is C20H25N3O3. The van der Waals surface area contributed by atoms with Crippen LogP contribution in [-0.2, 0) is 11.2 Å². The highest BCUT2D eigenvalue weighted by molar-refractivity contribution is 5.76. The van der Waals surface area contributed by atoms with Crippen molar-refractivity contribution in [2.75, 3.05) is 20.2 Å². The van der Waals surface area contributed by atoms with Gasteiger partial charge in [0.2, 0.25) is 5.91 Å². The summed E-state index contributed by atoms with van der Waals surface area (Å²) in [5, 5.41) is 0. The smallest absolute Gasteiger partial charge is 0.251 e. The lowest BCUT2D eigenvalue weighted by molar-refractivity contribution is -0.132. The van der Waals surface area contributed by atoms with Crippen LogP contribution in [0.4, 0.5) is 0 Å². The van der Waals surface area contributed by atoms with Gasteiger partial charge in [-0.25, -0.2) is 4.98 Å². The molecule has 1 aromatic heterocycles. The molecule has 1 aliphatic heterocycles. The number of aromatic nitrogens is 2. The van der Waals surface area contributed by atoms with Crippen LogP contribution in [0, 0.1) is 6.92 Å². The van der Waals surface area contributed by atoms with Gasteiger partial charge in [-0.05, 0) is 37.8 Å². The number of H-pyrrole nitrogens is 1. The minimum atomic E-state index is -0.132. The van der Waals surface area contributed by atoms with Gasteiger partial charge in [-0.1, -0.05) is 18.2 Å². The van der Waals surface area contributed by atoms with Gasteiger partial charge in [-0.3, -0.25) is 9.59 Å². The number of amides is 1. The van der Waals surface area contributed by atoms with Crippen molar-refractivity contribution < 1.29 is 9.53 Å². The SMILES string of the molecule is COc1ccccc1CCC(=O)N1CCCC(c2cc(=O)[nH]c(C)n2)C1. The minimum absolute atomic E-state index is 0.125. The number of para-hydroxylation sites is 1. The summed E-state index contributed by atoms with van der Waals surface area (Å²) in [6, 6.07) is 9.35. The number of carbonyl (C=O) groups is 1. The second-order valence-corrected chi connectivity index (χ2v) is 6.75. The predicted octanol–water partition coefficient (Wildman–Crippen LogP) is 2.43. The summed E-state index contributed by atoms with van der Waals surface area (Å²) < 4.78 is 5.35. The van der Waals surface area contributed by atoms with Gasteiger partial charge in [0.05, 0.1) is 12.8 Å². The van der Waals surface area contributed by atoms with Gasteiger partial charge >= 0.3 is 0 Å². The monoisotopic (exact) mass is 355 g/mol. The third-order valence-electron chi connectivity index (χ3n) is 4.87. The second kappa shape index (κ2) is 8.17. The first-order chi connectivity index (χ1) is 12.6. The normalized spacial score (nSPS) is 17.2. The molecular weight excluding hydrogens is 330 g/mol. The van der Waals surface area contributed by atoms with E-state index in [4.69, 9.17) is 4.74 Å². The van der Waals surface area contributed by atoms with E-state index in [1.165, 1.54) is 0 Å². The van der Waals surface area contributed by atoms with Crippen molar-refractivity contribution in [2.45, 2.75) is 38.5 Å². The Bertz CT molecular complexity index is 831. The molecule has 1 aromatic carbocycles. The summed E-state index contributed by atoms with van der Waals surface area (Å²) in [5.74, 6) is 1.70. The summed E-state index contributed by atoms with van der Waals surface area (Å²) in [4.78, 5) is 33.4. The van der Waals surface area contributed by atoms with E-state index < -0.39 is 0 Å². The van der Waals surface area contributed by atoms with Crippen molar-refractivity contribution in [2.24, 2.45) is 0 Å².